The number of hydrogen-bond donors (Lipinski definition) is 1. The number of nitrogens with zero attached hydrogens (tertiary/aromatic N) is 2. The number of carbonyl (C=O) groups is 2. The summed E-state index contributed by atoms with van der Waals surface area (Å²) in [5.74, 6) is -0.916. The van der Waals surface area contributed by atoms with Crippen LogP contribution in [-0.2, 0) is 4.79 Å². The Morgan fingerprint density at radius 1 is 1.53 bits per heavy atom. The third-order valence-electron chi connectivity index (χ3n) is 3.89. The fourth-order valence-electron chi connectivity index (χ4n) is 2.15. The van der Waals surface area contributed by atoms with E-state index in [1.807, 2.05) is 13.8 Å². The Morgan fingerprint density at radius 2 is 2.12 bits per heavy atom. The van der Waals surface area contributed by atoms with Crippen molar-refractivity contribution < 1.29 is 14.7 Å². The van der Waals surface area contributed by atoms with Gasteiger partial charge in [-0.1, -0.05) is 6.92 Å². The SMILES string of the molecule is CCC(C)N(C)C(=O)N1CCCC1(C)C(=O)O. The number of likely N-dealkylation sites (tertiary alicyclic amines) is 1. The molecule has 0 aromatic heterocycles. The molecule has 1 saturated heterocycles. The van der Waals surface area contributed by atoms with Crippen LogP contribution in [0.5, 0.6) is 0 Å². The van der Waals surface area contributed by atoms with Gasteiger partial charge in [-0.05, 0) is 33.1 Å². The van der Waals surface area contributed by atoms with Crippen LogP contribution < -0.4 is 0 Å². The Labute approximate surface area is 102 Å². The molecular weight excluding hydrogens is 220 g/mol. The summed E-state index contributed by atoms with van der Waals surface area (Å²) in [5, 5.41) is 9.26. The van der Waals surface area contributed by atoms with E-state index >= 15 is 0 Å². The maximum Gasteiger partial charge on any atom is 0.329 e. The summed E-state index contributed by atoms with van der Waals surface area (Å²) >= 11 is 0. The number of aliphatic carboxylic acids is 1. The van der Waals surface area contributed by atoms with Crippen molar-refractivity contribution in [1.29, 1.82) is 0 Å². The average molecular weight is 242 g/mol. The summed E-state index contributed by atoms with van der Waals surface area (Å²) in [6.07, 6.45) is 2.14. The molecular formula is C12H22N2O3. The standard InChI is InChI=1S/C12H22N2O3/c1-5-9(2)13(4)11(17)14-8-6-7-12(14,3)10(15)16/h9H,5-8H2,1-4H3,(H,15,16). The van der Waals surface area contributed by atoms with Gasteiger partial charge in [0.05, 0.1) is 0 Å². The predicted molar refractivity (Wildman–Crippen MR) is 64.9 cm³/mol. The lowest BCUT2D eigenvalue weighted by Gasteiger charge is -2.36. The third kappa shape index (κ3) is 2.37. The molecule has 5 nitrogen and oxygen atoms in total. The van der Waals surface area contributed by atoms with Gasteiger partial charge in [0.1, 0.15) is 5.54 Å². The van der Waals surface area contributed by atoms with Gasteiger partial charge in [-0.2, -0.15) is 0 Å². The van der Waals surface area contributed by atoms with Crippen molar-refractivity contribution >= 4 is 12.0 Å². The maximum atomic E-state index is 12.3. The van der Waals surface area contributed by atoms with Crippen LogP contribution in [0.2, 0.25) is 0 Å². The first-order valence-electron chi connectivity index (χ1n) is 6.12. The first kappa shape index (κ1) is 13.8. The molecule has 0 radical (unpaired) electrons. The summed E-state index contributed by atoms with van der Waals surface area (Å²) in [4.78, 5) is 26.7. The zero-order chi connectivity index (χ0) is 13.2. The van der Waals surface area contributed by atoms with E-state index < -0.39 is 11.5 Å². The zero-order valence-electron chi connectivity index (χ0n) is 11.1. The Morgan fingerprint density at radius 3 is 2.59 bits per heavy atom. The van der Waals surface area contributed by atoms with Crippen LogP contribution >= 0.6 is 0 Å². The number of hydrogen-bond acceptors (Lipinski definition) is 2. The Balaban J connectivity index is 2.85. The summed E-state index contributed by atoms with van der Waals surface area (Å²) in [7, 11) is 1.73. The van der Waals surface area contributed by atoms with Gasteiger partial charge in [0.15, 0.2) is 0 Å². The fraction of sp³-hybridized carbons (Fsp3) is 0.833. The molecule has 0 aromatic carbocycles. The second-order valence-electron chi connectivity index (χ2n) is 4.98. The molecule has 2 unspecified atom stereocenters. The van der Waals surface area contributed by atoms with E-state index in [2.05, 4.69) is 0 Å². The molecule has 2 atom stereocenters. The van der Waals surface area contributed by atoms with Gasteiger partial charge in [0.2, 0.25) is 0 Å². The molecule has 0 spiro atoms. The van der Waals surface area contributed by atoms with Crippen LogP contribution in [0.3, 0.4) is 0 Å². The quantitative estimate of drug-likeness (QED) is 0.820. The summed E-state index contributed by atoms with van der Waals surface area (Å²) < 4.78 is 0. The van der Waals surface area contributed by atoms with Crippen molar-refractivity contribution in [3.8, 4) is 0 Å². The smallest absolute Gasteiger partial charge is 0.329 e. The minimum absolute atomic E-state index is 0.126. The molecule has 2 amide bonds. The van der Waals surface area contributed by atoms with Crippen molar-refractivity contribution in [2.45, 2.75) is 51.6 Å². The van der Waals surface area contributed by atoms with Crippen LogP contribution in [0, 0.1) is 0 Å². The lowest BCUT2D eigenvalue weighted by atomic mass is 9.99. The van der Waals surface area contributed by atoms with E-state index in [0.717, 1.165) is 12.8 Å². The highest BCUT2D eigenvalue weighted by molar-refractivity contribution is 5.86. The predicted octanol–water partition coefficient (Wildman–Crippen LogP) is 1.78. The van der Waals surface area contributed by atoms with Crippen molar-refractivity contribution in [2.24, 2.45) is 0 Å². The molecule has 1 N–H and O–H groups in total. The van der Waals surface area contributed by atoms with Crippen molar-refractivity contribution in [2.75, 3.05) is 13.6 Å². The Hall–Kier alpha value is -1.26. The van der Waals surface area contributed by atoms with Crippen LogP contribution in [0.15, 0.2) is 0 Å². The topological polar surface area (TPSA) is 60.9 Å². The number of rotatable bonds is 3. The van der Waals surface area contributed by atoms with Gasteiger partial charge in [-0.25, -0.2) is 9.59 Å². The molecule has 1 heterocycles. The van der Waals surface area contributed by atoms with Crippen LogP contribution in [0.1, 0.15) is 40.0 Å². The normalized spacial score (nSPS) is 25.8. The van der Waals surface area contributed by atoms with Gasteiger partial charge in [0.25, 0.3) is 0 Å². The molecule has 5 heteroatoms. The van der Waals surface area contributed by atoms with E-state index in [4.69, 9.17) is 0 Å². The highest BCUT2D eigenvalue weighted by Gasteiger charge is 2.47. The van der Waals surface area contributed by atoms with Crippen LogP contribution in [-0.4, -0.2) is 52.1 Å². The highest BCUT2D eigenvalue weighted by Crippen LogP contribution is 2.30. The molecule has 1 aliphatic heterocycles. The number of carboxylic acids is 1. The molecule has 1 rings (SSSR count). The van der Waals surface area contributed by atoms with Gasteiger partial charge >= 0.3 is 12.0 Å². The molecule has 17 heavy (non-hydrogen) atoms. The van der Waals surface area contributed by atoms with E-state index in [-0.39, 0.29) is 12.1 Å². The Bertz CT molecular complexity index is 319. The third-order valence-corrected chi connectivity index (χ3v) is 3.89. The number of urea groups is 1. The number of carboxylic acid groups (broad SMARTS) is 1. The van der Waals surface area contributed by atoms with E-state index in [0.29, 0.717) is 13.0 Å². The second-order valence-corrected chi connectivity index (χ2v) is 4.98. The molecule has 1 aliphatic rings. The molecule has 1 fully saturated rings. The number of carbonyl (C=O) groups excluding carboxylic acids is 1. The average Bonchev–Trinajstić information content (AvgIpc) is 2.69. The van der Waals surface area contributed by atoms with E-state index in [1.54, 1.807) is 18.9 Å². The largest absolute Gasteiger partial charge is 0.480 e. The monoisotopic (exact) mass is 242 g/mol. The van der Waals surface area contributed by atoms with Gasteiger partial charge < -0.3 is 14.9 Å². The molecule has 0 aromatic rings. The number of amides is 2. The van der Waals surface area contributed by atoms with Gasteiger partial charge in [-0.3, -0.25) is 0 Å². The van der Waals surface area contributed by atoms with E-state index in [1.165, 1.54) is 4.90 Å². The Kier molecular flexibility index (Phi) is 4.01. The minimum atomic E-state index is -1.04. The van der Waals surface area contributed by atoms with E-state index in [9.17, 15) is 14.7 Å². The van der Waals surface area contributed by atoms with Crippen molar-refractivity contribution in [3.63, 3.8) is 0 Å². The summed E-state index contributed by atoms with van der Waals surface area (Å²) in [6.45, 7) is 6.13. The highest BCUT2D eigenvalue weighted by atomic mass is 16.4. The van der Waals surface area contributed by atoms with Crippen LogP contribution in [0.4, 0.5) is 4.79 Å². The molecule has 98 valence electrons. The second kappa shape index (κ2) is 4.94. The lowest BCUT2D eigenvalue weighted by molar-refractivity contribution is -0.147. The zero-order valence-corrected chi connectivity index (χ0v) is 11.1. The van der Waals surface area contributed by atoms with Gasteiger partial charge in [0, 0.05) is 19.6 Å². The minimum Gasteiger partial charge on any atom is -0.480 e. The van der Waals surface area contributed by atoms with Crippen molar-refractivity contribution in [1.82, 2.24) is 9.80 Å². The first-order valence-corrected chi connectivity index (χ1v) is 6.12. The van der Waals surface area contributed by atoms with Gasteiger partial charge in [-0.15, -0.1) is 0 Å². The first-order chi connectivity index (χ1) is 7.84. The maximum absolute atomic E-state index is 12.3. The summed E-state index contributed by atoms with van der Waals surface area (Å²) in [6, 6.07) is -0.0529. The molecule has 0 aliphatic carbocycles. The summed E-state index contributed by atoms with van der Waals surface area (Å²) in [5.41, 5.74) is -1.04. The molecule has 0 bridgehead atoms. The fourth-order valence-corrected chi connectivity index (χ4v) is 2.15. The molecule has 0 saturated carbocycles. The van der Waals surface area contributed by atoms with Crippen molar-refractivity contribution in [3.05, 3.63) is 0 Å². The van der Waals surface area contributed by atoms with Crippen LogP contribution in [0.25, 0.3) is 0 Å². The lowest BCUT2D eigenvalue weighted by Crippen LogP contribution is -2.55.